The third-order valence-electron chi connectivity index (χ3n) is 5.45. The summed E-state index contributed by atoms with van der Waals surface area (Å²) in [4.78, 5) is 23.3. The van der Waals surface area contributed by atoms with Gasteiger partial charge in [0.1, 0.15) is 5.75 Å². The number of morpholine rings is 1. The van der Waals surface area contributed by atoms with Gasteiger partial charge in [0, 0.05) is 30.9 Å². The predicted octanol–water partition coefficient (Wildman–Crippen LogP) is 0.747. The van der Waals surface area contributed by atoms with Crippen molar-refractivity contribution in [2.24, 2.45) is 0 Å². The molecule has 5 rings (SSSR count). The van der Waals surface area contributed by atoms with Gasteiger partial charge in [0.25, 0.3) is 12.0 Å². The molecule has 0 unspecified atom stereocenters. The van der Waals surface area contributed by atoms with Gasteiger partial charge in [-0.1, -0.05) is 12.1 Å². The van der Waals surface area contributed by atoms with Gasteiger partial charge in [0.2, 0.25) is 0 Å². The minimum atomic E-state index is -0.208. The molecule has 1 aliphatic heterocycles. The van der Waals surface area contributed by atoms with Crippen LogP contribution in [0.25, 0.3) is 16.7 Å². The number of benzene rings is 1. The number of H-pyrrole nitrogens is 1. The number of rotatable bonds is 5. The van der Waals surface area contributed by atoms with Crippen molar-refractivity contribution >= 4 is 16.7 Å². The van der Waals surface area contributed by atoms with Crippen molar-refractivity contribution in [1.29, 1.82) is 0 Å². The molecular formula is C21H23N6O3+. The van der Waals surface area contributed by atoms with Crippen LogP contribution in [0.5, 0.6) is 5.75 Å². The van der Waals surface area contributed by atoms with E-state index in [1.165, 1.54) is 10.8 Å². The molecule has 0 bridgehead atoms. The summed E-state index contributed by atoms with van der Waals surface area (Å²) in [5.74, 6) is 0.780. The van der Waals surface area contributed by atoms with Gasteiger partial charge in [0.05, 0.1) is 32.4 Å². The third kappa shape index (κ3) is 3.42. The van der Waals surface area contributed by atoms with Crippen LogP contribution in [0, 0.1) is 0 Å². The number of methoxy groups -OCH3 is 1. The lowest BCUT2D eigenvalue weighted by molar-refractivity contribution is -0.345. The molecule has 0 amide bonds. The zero-order valence-electron chi connectivity index (χ0n) is 16.7. The number of ether oxygens (including phenoxy) is 2. The number of hydrogen-bond donors (Lipinski definition) is 0. The average molecular weight is 407 g/mol. The molecule has 30 heavy (non-hydrogen) atoms. The Bertz CT molecular complexity index is 1240. The van der Waals surface area contributed by atoms with Gasteiger partial charge in [-0.3, -0.25) is 9.47 Å². The first kappa shape index (κ1) is 18.7. The molecule has 9 nitrogen and oxygen atoms in total. The molecule has 154 valence electrons. The molecule has 9 heteroatoms. The smallest absolute Gasteiger partial charge is 0.423 e. The first-order chi connectivity index (χ1) is 14.7. The Morgan fingerprint density at radius 1 is 1.13 bits per heavy atom. The monoisotopic (exact) mass is 407 g/mol. The van der Waals surface area contributed by atoms with E-state index < -0.39 is 0 Å². The molecule has 4 heterocycles. The summed E-state index contributed by atoms with van der Waals surface area (Å²) < 4.78 is 13.8. The van der Waals surface area contributed by atoms with E-state index in [2.05, 4.69) is 26.0 Å². The van der Waals surface area contributed by atoms with Crippen LogP contribution >= 0.6 is 0 Å². The standard InChI is InChI=1S/C21H22N6O3/c1-29-17-4-2-15(3-5-17)13-26-18-10-16(12-25-6-8-30-9-7-25)11-22-19(18)20-23-14-24-27(20)21(26)28/h2-5,10-11,14H,6-9,12-13H2,1H3/p+1. The van der Waals surface area contributed by atoms with E-state index in [1.807, 2.05) is 30.5 Å². The molecule has 1 aliphatic rings. The largest absolute Gasteiger partial charge is 0.497 e. The fraction of sp³-hybridized carbons (Fsp3) is 0.333. The molecule has 0 radical (unpaired) electrons. The van der Waals surface area contributed by atoms with Crippen molar-refractivity contribution in [3.05, 3.63) is 64.5 Å². The molecule has 1 fully saturated rings. The van der Waals surface area contributed by atoms with Gasteiger partial charge >= 0.3 is 5.69 Å². The van der Waals surface area contributed by atoms with Crippen molar-refractivity contribution in [1.82, 2.24) is 24.1 Å². The van der Waals surface area contributed by atoms with Crippen LogP contribution in [-0.2, 0) is 17.8 Å². The van der Waals surface area contributed by atoms with Crippen LogP contribution in [-0.4, -0.2) is 57.5 Å². The van der Waals surface area contributed by atoms with E-state index in [0.29, 0.717) is 17.7 Å². The summed E-state index contributed by atoms with van der Waals surface area (Å²) in [6.07, 6.45) is 3.39. The Balaban J connectivity index is 1.60. The van der Waals surface area contributed by atoms with E-state index in [4.69, 9.17) is 9.47 Å². The van der Waals surface area contributed by atoms with E-state index >= 15 is 0 Å². The normalized spacial score (nSPS) is 15.1. The Labute approximate surface area is 172 Å². The summed E-state index contributed by atoms with van der Waals surface area (Å²) in [5.41, 5.74) is 3.94. The molecule has 1 N–H and O–H groups in total. The Morgan fingerprint density at radius 3 is 2.70 bits per heavy atom. The highest BCUT2D eigenvalue weighted by molar-refractivity contribution is 5.85. The molecule has 1 saturated heterocycles. The minimum absolute atomic E-state index is 0.208. The fourth-order valence-electron chi connectivity index (χ4n) is 3.85. The average Bonchev–Trinajstić information content (AvgIpc) is 3.28. The Hall–Kier alpha value is -3.30. The van der Waals surface area contributed by atoms with E-state index in [9.17, 15) is 4.79 Å². The summed E-state index contributed by atoms with van der Waals surface area (Å²) >= 11 is 0. The molecule has 0 spiro atoms. The fourth-order valence-corrected chi connectivity index (χ4v) is 3.85. The lowest BCUT2D eigenvalue weighted by atomic mass is 10.2. The number of pyridine rings is 1. The SMILES string of the molecule is COc1ccc(Cn2c(=O)n3nc[nH+]c3c3ncc(CN4CCOCC4)cc32)cc1. The second-order valence-electron chi connectivity index (χ2n) is 7.37. The van der Waals surface area contributed by atoms with Crippen LogP contribution in [0.3, 0.4) is 0 Å². The second kappa shape index (κ2) is 7.85. The molecule has 0 aliphatic carbocycles. The van der Waals surface area contributed by atoms with Crippen LogP contribution in [0.4, 0.5) is 0 Å². The zero-order chi connectivity index (χ0) is 20.5. The van der Waals surface area contributed by atoms with Crippen molar-refractivity contribution in [2.45, 2.75) is 13.1 Å². The highest BCUT2D eigenvalue weighted by atomic mass is 16.5. The summed E-state index contributed by atoms with van der Waals surface area (Å²) in [5, 5.41) is 4.16. The van der Waals surface area contributed by atoms with Crippen molar-refractivity contribution in [3.8, 4) is 5.75 Å². The topological polar surface area (TPSA) is 88.0 Å². The van der Waals surface area contributed by atoms with Gasteiger partial charge in [-0.2, -0.15) is 0 Å². The highest BCUT2D eigenvalue weighted by Crippen LogP contribution is 2.18. The van der Waals surface area contributed by atoms with Crippen LogP contribution in [0.15, 0.2) is 47.7 Å². The minimum Gasteiger partial charge on any atom is -0.497 e. The van der Waals surface area contributed by atoms with Crippen LogP contribution in [0.1, 0.15) is 11.1 Å². The van der Waals surface area contributed by atoms with E-state index in [-0.39, 0.29) is 5.69 Å². The molecule has 0 saturated carbocycles. The van der Waals surface area contributed by atoms with Gasteiger partial charge in [-0.25, -0.2) is 14.8 Å². The van der Waals surface area contributed by atoms with E-state index in [0.717, 1.165) is 55.2 Å². The second-order valence-corrected chi connectivity index (χ2v) is 7.37. The predicted molar refractivity (Wildman–Crippen MR) is 110 cm³/mol. The molecule has 1 aromatic carbocycles. The van der Waals surface area contributed by atoms with Gasteiger partial charge in [0.15, 0.2) is 5.52 Å². The number of aromatic nitrogens is 5. The molecule has 4 aromatic rings. The lowest BCUT2D eigenvalue weighted by Crippen LogP contribution is -2.35. The maximum Gasteiger partial charge on any atom is 0.423 e. The third-order valence-corrected chi connectivity index (χ3v) is 5.45. The zero-order valence-corrected chi connectivity index (χ0v) is 16.7. The summed E-state index contributed by atoms with van der Waals surface area (Å²) in [7, 11) is 1.64. The maximum atomic E-state index is 13.2. The number of nitrogens with one attached hydrogen (secondary N) is 1. The lowest BCUT2D eigenvalue weighted by Gasteiger charge is -2.26. The van der Waals surface area contributed by atoms with Crippen molar-refractivity contribution in [3.63, 3.8) is 0 Å². The Kier molecular flexibility index (Phi) is 4.89. The molecule has 0 atom stereocenters. The van der Waals surface area contributed by atoms with Crippen LogP contribution in [0.2, 0.25) is 0 Å². The Morgan fingerprint density at radius 2 is 1.93 bits per heavy atom. The number of aromatic amines is 1. The van der Waals surface area contributed by atoms with Gasteiger partial charge in [-0.05, 0) is 33.8 Å². The van der Waals surface area contributed by atoms with Gasteiger partial charge in [-0.15, -0.1) is 0 Å². The van der Waals surface area contributed by atoms with Crippen LogP contribution < -0.4 is 15.4 Å². The molecule has 3 aromatic heterocycles. The molecular weight excluding hydrogens is 384 g/mol. The maximum absolute atomic E-state index is 13.2. The quantitative estimate of drug-likeness (QED) is 0.485. The summed E-state index contributed by atoms with van der Waals surface area (Å²) in [6, 6.07) is 9.77. The number of fused-ring (bicyclic) bond motifs is 3. The van der Waals surface area contributed by atoms with Crippen molar-refractivity contribution < 1.29 is 14.5 Å². The first-order valence-corrected chi connectivity index (χ1v) is 9.93. The highest BCUT2D eigenvalue weighted by Gasteiger charge is 2.20. The van der Waals surface area contributed by atoms with E-state index in [1.54, 1.807) is 11.7 Å². The first-order valence-electron chi connectivity index (χ1n) is 9.93. The number of hydrogen-bond acceptors (Lipinski definition) is 6. The van der Waals surface area contributed by atoms with Crippen molar-refractivity contribution in [2.75, 3.05) is 33.4 Å². The van der Waals surface area contributed by atoms with Gasteiger partial charge < -0.3 is 9.47 Å². The number of nitrogens with zero attached hydrogens (tertiary/aromatic N) is 5. The summed E-state index contributed by atoms with van der Waals surface area (Å²) in [6.45, 7) is 4.47.